The minimum atomic E-state index is -4.20. The molecule has 13 heteroatoms. The maximum absolute atomic E-state index is 13.6. The Morgan fingerprint density at radius 3 is 2.36 bits per heavy atom. The van der Waals surface area contributed by atoms with Gasteiger partial charge in [-0.1, -0.05) is 61.5 Å². The number of nitrogens with zero attached hydrogens (tertiary/aromatic N) is 6. The number of hydrogen-bond donors (Lipinski definition) is 2. The number of likely N-dealkylation sites (tertiary alicyclic amines) is 1. The summed E-state index contributed by atoms with van der Waals surface area (Å²) in [5, 5.41) is 15.8. The van der Waals surface area contributed by atoms with E-state index in [0.717, 1.165) is 83.4 Å². The van der Waals surface area contributed by atoms with Crippen molar-refractivity contribution in [1.82, 2.24) is 19.8 Å². The lowest BCUT2D eigenvalue weighted by Gasteiger charge is -2.36. The van der Waals surface area contributed by atoms with Gasteiger partial charge in [-0.15, -0.1) is 0 Å². The highest BCUT2D eigenvalue weighted by Crippen LogP contribution is 2.32. The summed E-state index contributed by atoms with van der Waals surface area (Å²) in [6.45, 7) is 10.2. The van der Waals surface area contributed by atoms with Crippen molar-refractivity contribution in [3.05, 3.63) is 113 Å². The average molecular weight is 735 g/mol. The molecule has 0 atom stereocenters. The van der Waals surface area contributed by atoms with E-state index in [0.29, 0.717) is 29.1 Å². The molecule has 2 N–H and O–H groups in total. The van der Waals surface area contributed by atoms with E-state index in [1.165, 1.54) is 35.2 Å². The van der Waals surface area contributed by atoms with Gasteiger partial charge < -0.3 is 15.1 Å². The molecule has 0 saturated carbocycles. The Morgan fingerprint density at radius 2 is 1.60 bits per heavy atom. The van der Waals surface area contributed by atoms with Gasteiger partial charge in [0.15, 0.2) is 5.82 Å². The lowest BCUT2D eigenvalue weighted by molar-refractivity contribution is -0.384. The smallest absolute Gasteiger partial charge is 0.293 e. The Hall–Kier alpha value is -5.11. The second kappa shape index (κ2) is 16.3. The van der Waals surface area contributed by atoms with Crippen LogP contribution in [0.1, 0.15) is 31.7 Å². The van der Waals surface area contributed by atoms with E-state index in [4.69, 9.17) is 0 Å². The minimum absolute atomic E-state index is 0.114. The van der Waals surface area contributed by atoms with Crippen LogP contribution >= 0.6 is 0 Å². The SMILES string of the molecule is CCCN1CCC(CNc2ccc(S(=O)(=O)Nc3ncnc4cc(N5CCN(Cc6ccccc6-c6ccccc6)CC5)ccc34)cc2[N+](=O)[O-])CC1. The molecule has 4 aromatic carbocycles. The molecule has 2 saturated heterocycles. The number of fused-ring (bicyclic) bond motifs is 1. The van der Waals surface area contributed by atoms with E-state index < -0.39 is 14.9 Å². The monoisotopic (exact) mass is 734 g/mol. The Labute approximate surface area is 311 Å². The molecule has 7 rings (SSSR count). The predicted octanol–water partition coefficient (Wildman–Crippen LogP) is 6.86. The van der Waals surface area contributed by atoms with E-state index in [9.17, 15) is 18.5 Å². The lowest BCUT2D eigenvalue weighted by Crippen LogP contribution is -2.46. The van der Waals surface area contributed by atoms with Crippen LogP contribution in [0, 0.1) is 16.0 Å². The Bertz CT molecular complexity index is 2150. The molecule has 0 aliphatic carbocycles. The fourth-order valence-electron chi connectivity index (χ4n) is 7.44. The molecule has 2 fully saturated rings. The van der Waals surface area contributed by atoms with Crippen molar-refractivity contribution >= 4 is 43.8 Å². The van der Waals surface area contributed by atoms with Gasteiger partial charge in [0.1, 0.15) is 12.0 Å². The number of nitrogens with one attached hydrogen (secondary N) is 2. The van der Waals surface area contributed by atoms with Crippen molar-refractivity contribution in [2.75, 3.05) is 67.3 Å². The third-order valence-electron chi connectivity index (χ3n) is 10.4. The molecule has 2 aliphatic heterocycles. The van der Waals surface area contributed by atoms with Gasteiger partial charge in [-0.25, -0.2) is 18.4 Å². The largest absolute Gasteiger partial charge is 0.379 e. The van der Waals surface area contributed by atoms with Gasteiger partial charge in [-0.05, 0) is 91.8 Å². The molecule has 2 aliphatic rings. The maximum Gasteiger partial charge on any atom is 0.293 e. The zero-order chi connectivity index (χ0) is 36.8. The first-order valence-electron chi connectivity index (χ1n) is 18.4. The zero-order valence-electron chi connectivity index (χ0n) is 30.0. The second-order valence-electron chi connectivity index (χ2n) is 13.9. The number of nitro benzene ring substituents is 1. The van der Waals surface area contributed by atoms with Gasteiger partial charge in [0, 0.05) is 56.4 Å². The Morgan fingerprint density at radius 1 is 0.849 bits per heavy atom. The van der Waals surface area contributed by atoms with E-state index in [-0.39, 0.29) is 16.4 Å². The molecule has 0 spiro atoms. The second-order valence-corrected chi connectivity index (χ2v) is 15.6. The molecule has 0 amide bonds. The normalized spacial score (nSPS) is 16.1. The molecular weight excluding hydrogens is 689 g/mol. The van der Waals surface area contributed by atoms with Crippen molar-refractivity contribution in [3.8, 4) is 11.1 Å². The molecule has 5 aromatic rings. The van der Waals surface area contributed by atoms with Crippen molar-refractivity contribution in [1.29, 1.82) is 0 Å². The van der Waals surface area contributed by atoms with Crippen molar-refractivity contribution in [3.63, 3.8) is 0 Å². The van der Waals surface area contributed by atoms with Crippen molar-refractivity contribution in [2.24, 2.45) is 5.92 Å². The van der Waals surface area contributed by atoms with Crippen LogP contribution < -0.4 is 14.9 Å². The van der Waals surface area contributed by atoms with Gasteiger partial charge >= 0.3 is 0 Å². The number of piperidine rings is 1. The molecule has 12 nitrogen and oxygen atoms in total. The number of nitro groups is 1. The summed E-state index contributed by atoms with van der Waals surface area (Å²) >= 11 is 0. The van der Waals surface area contributed by atoms with Gasteiger partial charge in [-0.3, -0.25) is 19.7 Å². The summed E-state index contributed by atoms with van der Waals surface area (Å²) in [7, 11) is -4.20. The van der Waals surface area contributed by atoms with Crippen LogP contribution in [0.15, 0.2) is 102 Å². The maximum atomic E-state index is 13.6. The summed E-state index contributed by atoms with van der Waals surface area (Å²) in [5.74, 6) is 0.514. The summed E-state index contributed by atoms with van der Waals surface area (Å²) in [6.07, 6.45) is 4.49. The van der Waals surface area contributed by atoms with Gasteiger partial charge in [0.2, 0.25) is 0 Å². The minimum Gasteiger partial charge on any atom is -0.379 e. The Balaban J connectivity index is 0.997. The fraction of sp³-hybridized carbons (Fsp3) is 0.350. The molecule has 3 heterocycles. The lowest BCUT2D eigenvalue weighted by atomic mass is 9.96. The standard InChI is InChI=1S/C40H46N8O4S/c1-2-18-45-19-16-30(17-20-45)27-41-37-15-13-34(26-39(37)48(49)50)53(51,52)44-40-36-14-12-33(25-38(36)42-29-43-40)47-23-21-46(22-24-47)28-32-10-6-7-11-35(32)31-8-4-3-5-9-31/h3-15,25-26,29-30,41H,2,16-24,27-28H2,1H3,(H,42,43,44). The van der Waals surface area contributed by atoms with Crippen LogP contribution in [0.5, 0.6) is 0 Å². The van der Waals surface area contributed by atoms with E-state index in [1.807, 2.05) is 24.3 Å². The first kappa shape index (κ1) is 36.3. The number of anilines is 3. The molecular formula is C40H46N8O4S. The van der Waals surface area contributed by atoms with Gasteiger partial charge in [0.05, 0.1) is 15.3 Å². The number of aromatic nitrogens is 2. The predicted molar refractivity (Wildman–Crippen MR) is 211 cm³/mol. The van der Waals surface area contributed by atoms with Crippen LogP contribution in [-0.2, 0) is 16.6 Å². The van der Waals surface area contributed by atoms with Crippen molar-refractivity contribution < 1.29 is 13.3 Å². The van der Waals surface area contributed by atoms with Crippen LogP contribution in [0.3, 0.4) is 0 Å². The molecule has 0 unspecified atom stereocenters. The van der Waals surface area contributed by atoms with Crippen LogP contribution in [0.4, 0.5) is 22.9 Å². The topological polar surface area (TPSA) is 137 Å². The number of rotatable bonds is 13. The fourth-order valence-corrected chi connectivity index (χ4v) is 8.49. The number of sulfonamides is 1. The van der Waals surface area contributed by atoms with E-state index in [2.05, 4.69) is 90.2 Å². The summed E-state index contributed by atoms with van der Waals surface area (Å²) in [4.78, 5) is 27.2. The highest BCUT2D eigenvalue weighted by Gasteiger charge is 2.25. The highest BCUT2D eigenvalue weighted by molar-refractivity contribution is 7.92. The summed E-state index contributed by atoms with van der Waals surface area (Å²) < 4.78 is 29.7. The summed E-state index contributed by atoms with van der Waals surface area (Å²) in [6, 6.07) is 28.8. The van der Waals surface area contributed by atoms with Gasteiger partial charge in [-0.2, -0.15) is 0 Å². The molecule has 0 radical (unpaired) electrons. The number of hydrogen-bond acceptors (Lipinski definition) is 10. The number of benzene rings is 4. The summed E-state index contributed by atoms with van der Waals surface area (Å²) in [5.41, 5.74) is 5.40. The highest BCUT2D eigenvalue weighted by atomic mass is 32.2. The van der Waals surface area contributed by atoms with Gasteiger partial charge in [0.25, 0.3) is 15.7 Å². The molecule has 276 valence electrons. The van der Waals surface area contributed by atoms with Crippen LogP contribution in [-0.4, -0.2) is 85.5 Å². The Kier molecular flexibility index (Phi) is 11.1. The zero-order valence-corrected chi connectivity index (χ0v) is 30.8. The van der Waals surface area contributed by atoms with Crippen LogP contribution in [0.25, 0.3) is 22.0 Å². The average Bonchev–Trinajstić information content (AvgIpc) is 3.18. The quantitative estimate of drug-likeness (QED) is 0.0975. The van der Waals surface area contributed by atoms with E-state index in [1.54, 1.807) is 0 Å². The first-order valence-corrected chi connectivity index (χ1v) is 19.9. The number of piperazine rings is 1. The van der Waals surface area contributed by atoms with E-state index >= 15 is 0 Å². The third-order valence-corrected chi connectivity index (χ3v) is 11.7. The first-order chi connectivity index (χ1) is 25.8. The molecule has 0 bridgehead atoms. The molecule has 1 aromatic heterocycles. The third kappa shape index (κ3) is 8.59. The van der Waals surface area contributed by atoms with Crippen LogP contribution in [0.2, 0.25) is 0 Å². The van der Waals surface area contributed by atoms with Crippen molar-refractivity contribution in [2.45, 2.75) is 37.6 Å². The molecule has 53 heavy (non-hydrogen) atoms.